The number of carbonyl (C=O) groups is 7. The number of carbonyl (C=O) groups excluding carboxylic acids is 4. The molecule has 1 atom stereocenters. The first-order valence-electron chi connectivity index (χ1n) is 24.4. The van der Waals surface area contributed by atoms with Gasteiger partial charge in [-0.05, 0) is 106 Å². The van der Waals surface area contributed by atoms with E-state index in [1.54, 1.807) is 12.1 Å². The molecular weight excluding hydrogens is 1090 g/mol. The number of halogens is 9. The summed E-state index contributed by atoms with van der Waals surface area (Å²) in [7, 11) is 0. The Kier molecular flexibility index (Phi) is 18.0. The zero-order chi connectivity index (χ0) is 58.4. The Morgan fingerprint density at radius 3 is 1.77 bits per heavy atom. The molecule has 21 nitrogen and oxygen atoms in total. The highest BCUT2D eigenvalue weighted by Crippen LogP contribution is 2.37. The predicted molar refractivity (Wildman–Crippen MR) is 261 cm³/mol. The van der Waals surface area contributed by atoms with Crippen molar-refractivity contribution in [2.24, 2.45) is 5.92 Å². The quantitative estimate of drug-likeness (QED) is 0.0787. The normalized spacial score (nSPS) is 18.6. The van der Waals surface area contributed by atoms with Gasteiger partial charge in [0.2, 0.25) is 11.8 Å². The van der Waals surface area contributed by atoms with Gasteiger partial charge >= 0.3 is 36.4 Å². The number of amides is 4. The van der Waals surface area contributed by atoms with E-state index in [0.29, 0.717) is 28.9 Å². The summed E-state index contributed by atoms with van der Waals surface area (Å²) < 4.78 is 103. The van der Waals surface area contributed by atoms with Crippen LogP contribution < -0.4 is 20.7 Å². The van der Waals surface area contributed by atoms with Crippen LogP contribution in [-0.4, -0.2) is 168 Å². The van der Waals surface area contributed by atoms with Crippen LogP contribution in [0.3, 0.4) is 0 Å². The third-order valence-corrected chi connectivity index (χ3v) is 13.6. The number of fused-ring (bicyclic) bond motifs is 2. The topological polar surface area (TPSA) is 284 Å². The molecule has 6 N–H and O–H groups in total. The number of ether oxygens (including phenoxy) is 1. The van der Waals surface area contributed by atoms with Gasteiger partial charge in [0.15, 0.2) is 5.65 Å². The lowest BCUT2D eigenvalue weighted by atomic mass is 9.92. The highest BCUT2D eigenvalue weighted by atomic mass is 19.4. The average Bonchev–Trinajstić information content (AvgIpc) is 4.02. The van der Waals surface area contributed by atoms with Gasteiger partial charge in [0.05, 0.1) is 22.6 Å². The Balaban J connectivity index is 0.000000375. The van der Waals surface area contributed by atoms with Gasteiger partial charge < -0.3 is 35.6 Å². The van der Waals surface area contributed by atoms with Gasteiger partial charge in [0, 0.05) is 56.4 Å². The molecule has 5 aliphatic rings. The maximum absolute atomic E-state index is 13.3. The Labute approximate surface area is 446 Å². The number of imide groups is 2. The molecule has 5 aromatic rings. The molecule has 5 aliphatic heterocycles. The van der Waals surface area contributed by atoms with E-state index in [-0.39, 0.29) is 24.8 Å². The molecule has 1 unspecified atom stereocenters. The second-order valence-electron chi connectivity index (χ2n) is 18.8. The average molecular weight is 1140 g/mol. The van der Waals surface area contributed by atoms with Gasteiger partial charge in [-0.1, -0.05) is 18.2 Å². The molecule has 80 heavy (non-hydrogen) atoms. The largest absolute Gasteiger partial charge is 0.490 e. The van der Waals surface area contributed by atoms with Crippen molar-refractivity contribution in [3.63, 3.8) is 0 Å². The number of likely N-dealkylation sites (tertiary alicyclic amines) is 2. The maximum Gasteiger partial charge on any atom is 0.490 e. The number of hydrogen-bond acceptors (Lipinski definition) is 15. The summed E-state index contributed by atoms with van der Waals surface area (Å²) in [6, 6.07) is 22.7. The van der Waals surface area contributed by atoms with Crippen molar-refractivity contribution in [1.82, 2.24) is 39.8 Å². The lowest BCUT2D eigenvalue weighted by Crippen LogP contribution is -2.61. The number of benzene rings is 3. The van der Waals surface area contributed by atoms with Crippen molar-refractivity contribution in [3.8, 4) is 22.8 Å². The fourth-order valence-corrected chi connectivity index (χ4v) is 9.52. The summed E-state index contributed by atoms with van der Waals surface area (Å²) in [4.78, 5) is 94.7. The molecule has 30 heteroatoms. The molecule has 0 aliphatic carbocycles. The zero-order valence-corrected chi connectivity index (χ0v) is 41.7. The first-order valence-corrected chi connectivity index (χ1v) is 24.4. The molecule has 0 bridgehead atoms. The zero-order valence-electron chi connectivity index (χ0n) is 41.7. The number of piperidine rings is 3. The van der Waals surface area contributed by atoms with Gasteiger partial charge in [-0.25, -0.2) is 29.0 Å². The number of carboxylic acid groups (broad SMARTS) is 3. The number of nitrogens with two attached hydrogens (primary N) is 1. The number of hydrogen-bond donors (Lipinski definition) is 5. The molecule has 4 saturated heterocycles. The lowest BCUT2D eigenvalue weighted by Gasteiger charge is -2.49. The Morgan fingerprint density at radius 2 is 1.23 bits per heavy atom. The highest BCUT2D eigenvalue weighted by molar-refractivity contribution is 6.23. The summed E-state index contributed by atoms with van der Waals surface area (Å²) >= 11 is 0. The van der Waals surface area contributed by atoms with E-state index in [0.717, 1.165) is 103 Å². The van der Waals surface area contributed by atoms with Crippen LogP contribution in [0.4, 0.5) is 51.0 Å². The standard InChI is InChI=1S/C44H46N10O5.3C2HF3O2/c45-40-38-39(28-6-9-33(10-7-28)59-32-4-2-1-3-5-32)49-54(41(38)47-26-46-40)29-16-18-50(19-17-29)23-27-14-20-51(21-15-27)31-24-52(25-31)30-8-11-34-35(22-30)44(58)53(43(34)57)36-12-13-37(55)48-42(36)56;3*3-2(4,5)1(6)7/h1-11,22,26-27,29,31,36H,12-21,23-25H2,(H2,45,46,47)(H,48,55,56);3*(H,6,7). The third-order valence-electron chi connectivity index (χ3n) is 13.6. The Bertz CT molecular complexity index is 3050. The first-order chi connectivity index (χ1) is 37.6. The van der Waals surface area contributed by atoms with Crippen LogP contribution >= 0.6 is 0 Å². The molecule has 0 spiro atoms. The minimum absolute atomic E-state index is 0.101. The summed E-state index contributed by atoms with van der Waals surface area (Å²) in [6.45, 7) is 6.98. The van der Waals surface area contributed by atoms with Crippen LogP contribution in [0.25, 0.3) is 22.3 Å². The monoisotopic (exact) mass is 1140 g/mol. The Morgan fingerprint density at radius 1 is 0.675 bits per heavy atom. The van der Waals surface area contributed by atoms with Crippen molar-refractivity contribution in [2.45, 2.75) is 75.2 Å². The highest BCUT2D eigenvalue weighted by Gasteiger charge is 2.46. The molecule has 10 rings (SSSR count). The van der Waals surface area contributed by atoms with Crippen molar-refractivity contribution < 1.29 is 93.1 Å². The van der Waals surface area contributed by atoms with Crippen LogP contribution in [0.15, 0.2) is 79.1 Å². The van der Waals surface area contributed by atoms with Gasteiger partial charge in [-0.15, -0.1) is 0 Å². The van der Waals surface area contributed by atoms with E-state index < -0.39 is 60.2 Å². The van der Waals surface area contributed by atoms with E-state index in [2.05, 4.69) is 34.7 Å². The molecule has 4 fully saturated rings. The number of rotatable bonds is 9. The van der Waals surface area contributed by atoms with Crippen molar-refractivity contribution >= 4 is 64.1 Å². The summed E-state index contributed by atoms with van der Waals surface area (Å²) in [5.74, 6) is -7.59. The lowest BCUT2D eigenvalue weighted by molar-refractivity contribution is -0.193. The minimum atomic E-state index is -5.08. The molecular formula is C50H49F9N10O11. The van der Waals surface area contributed by atoms with E-state index in [4.69, 9.17) is 45.3 Å². The third kappa shape index (κ3) is 14.2. The van der Waals surface area contributed by atoms with E-state index >= 15 is 0 Å². The van der Waals surface area contributed by atoms with Crippen molar-refractivity contribution in [1.29, 1.82) is 0 Å². The van der Waals surface area contributed by atoms with E-state index in [1.165, 1.54) is 19.2 Å². The number of alkyl halides is 9. The summed E-state index contributed by atoms with van der Waals surface area (Å²) in [5, 5.41) is 29.5. The summed E-state index contributed by atoms with van der Waals surface area (Å²) in [6.07, 6.45) is -9.18. The molecule has 7 heterocycles. The number of nitrogen functional groups attached to an aromatic ring is 1. The number of anilines is 2. The smallest absolute Gasteiger partial charge is 0.475 e. The number of nitrogens with zero attached hydrogens (tertiary/aromatic N) is 8. The molecule has 4 amide bonds. The van der Waals surface area contributed by atoms with E-state index in [9.17, 15) is 58.7 Å². The minimum Gasteiger partial charge on any atom is -0.475 e. The number of para-hydroxylation sites is 1. The fourth-order valence-electron chi connectivity index (χ4n) is 9.52. The number of aromatic nitrogens is 4. The van der Waals surface area contributed by atoms with Crippen LogP contribution in [0.2, 0.25) is 0 Å². The molecule has 428 valence electrons. The summed E-state index contributed by atoms with van der Waals surface area (Å²) in [5.41, 5.74) is 10.5. The molecule has 0 radical (unpaired) electrons. The van der Waals surface area contributed by atoms with E-state index in [1.807, 2.05) is 60.7 Å². The molecule has 3 aromatic carbocycles. The van der Waals surface area contributed by atoms with Crippen LogP contribution in [0.1, 0.15) is 65.3 Å². The first kappa shape index (κ1) is 59.3. The predicted octanol–water partition coefficient (Wildman–Crippen LogP) is 6.41. The van der Waals surface area contributed by atoms with Crippen LogP contribution in [0.5, 0.6) is 11.5 Å². The van der Waals surface area contributed by atoms with Crippen LogP contribution in [0, 0.1) is 5.92 Å². The number of aliphatic carboxylic acids is 3. The van der Waals surface area contributed by atoms with Gasteiger partial charge in [0.1, 0.15) is 35.4 Å². The second kappa shape index (κ2) is 24.3. The number of nitrogens with one attached hydrogen (secondary N) is 1. The van der Waals surface area contributed by atoms with Crippen molar-refractivity contribution in [3.05, 3.63) is 90.3 Å². The van der Waals surface area contributed by atoms with Gasteiger partial charge in [-0.3, -0.25) is 34.3 Å². The maximum atomic E-state index is 13.3. The fraction of sp³-hybridized carbons (Fsp3) is 0.400. The Hall–Kier alpha value is -8.41. The van der Waals surface area contributed by atoms with Crippen molar-refractivity contribution in [2.75, 3.05) is 56.4 Å². The van der Waals surface area contributed by atoms with Crippen LogP contribution in [-0.2, 0) is 24.0 Å². The molecule has 2 aromatic heterocycles. The second-order valence-corrected chi connectivity index (χ2v) is 18.8. The number of carboxylic acids is 3. The SMILES string of the molecule is Nc1ncnc2c1c(-c1ccc(Oc3ccccc3)cc1)nn2C1CCN(CC2CCN(C3CN(c4ccc5c(c4)C(=O)N(C4CCC(=O)NC4=O)C5=O)C3)CC2)CC1.O=C(O)C(F)(F)F.O=C(O)C(F)(F)F.O=C(O)C(F)(F)F. The van der Waals surface area contributed by atoms with Gasteiger partial charge in [0.25, 0.3) is 11.8 Å². The molecule has 0 saturated carbocycles. The van der Waals surface area contributed by atoms with Gasteiger partial charge in [-0.2, -0.15) is 44.6 Å².